The Morgan fingerprint density at radius 1 is 0.476 bits per heavy atom. The van der Waals surface area contributed by atoms with Crippen molar-refractivity contribution in [1.82, 2.24) is 0 Å². The third kappa shape index (κ3) is 273. The molecule has 0 bridgehead atoms. The second-order valence-electron chi connectivity index (χ2n) is 1.08. The third-order valence-electron chi connectivity index (χ3n) is 0. The van der Waals surface area contributed by atoms with Crippen molar-refractivity contribution < 1.29 is 88.8 Å². The van der Waals surface area contributed by atoms with Gasteiger partial charge >= 0.3 is 303 Å². The summed E-state index contributed by atoms with van der Waals surface area (Å²) in [5.74, 6) is 0. The van der Waals surface area contributed by atoms with Gasteiger partial charge in [0.1, 0.15) is 0 Å². The van der Waals surface area contributed by atoms with Gasteiger partial charge in [-0.25, -0.2) is 0 Å². The molecule has 96 valence electrons. The summed E-state index contributed by atoms with van der Waals surface area (Å²) in [6.07, 6.45) is 0. The fraction of sp³-hybridized carbons (Fsp3) is 0. The van der Waals surface area contributed by atoms with Crippen LogP contribution in [0.5, 0.6) is 0 Å². The molecule has 21 heavy (non-hydrogen) atoms. The Labute approximate surface area is 336 Å². The van der Waals surface area contributed by atoms with Crippen molar-refractivity contribution in [3.05, 3.63) is 0 Å². The first-order valence-corrected chi connectivity index (χ1v) is 6.46. The topological polar surface area (TPSA) is 265 Å². The van der Waals surface area contributed by atoms with Crippen LogP contribution in [-0.2, 0) is 43.9 Å². The molecule has 0 aliphatic heterocycles. The van der Waals surface area contributed by atoms with E-state index in [9.17, 15) is 0 Å². The van der Waals surface area contributed by atoms with Crippen molar-refractivity contribution in [2.24, 2.45) is 0 Å². The Morgan fingerprint density at radius 2 is 0.476 bits per heavy atom. The van der Waals surface area contributed by atoms with Crippen LogP contribution in [0.15, 0.2) is 0 Å². The minimum absolute atomic E-state index is 0. The van der Waals surface area contributed by atoms with Gasteiger partial charge in [-0.3, -0.25) is 14.6 Å². The molecule has 21 heteroatoms. The van der Waals surface area contributed by atoms with Gasteiger partial charge in [-0.2, -0.15) is 0 Å². The molecule has 0 rings (SSSR count). The first-order chi connectivity index (χ1) is 6.93. The standard InChI is InChI=1S/2BO3.5Ba.6O.2Ti/c2*2-1(3)4;;;;;;;;;;;;;/q2*-3;5*+2;;;4*-1;;. The second kappa shape index (κ2) is 51.3. The molecule has 12 nitrogen and oxygen atoms in total. The quantitative estimate of drug-likeness (QED) is 0.205. The van der Waals surface area contributed by atoms with Gasteiger partial charge in [0.25, 0.3) is 0 Å². The fourth-order valence-corrected chi connectivity index (χ4v) is 0. The molecule has 0 aliphatic rings. The minimum atomic E-state index is -4.08. The summed E-state index contributed by atoms with van der Waals surface area (Å²) in [6.45, 7) is 0. The third-order valence-corrected chi connectivity index (χ3v) is 0. The SMILES string of the molecule is [Ba+2].[Ba+2].[Ba+2].[Ba+2].[Ba+2].[O-]B([O-])[O-].[O-]B([O-])[O-].[O]=[Ti]([O-])[O-].[O]=[Ti]([O-])[O-]. The second-order valence-corrected chi connectivity index (χ2v) is 2.64. The Morgan fingerprint density at radius 3 is 0.476 bits per heavy atom. The summed E-state index contributed by atoms with van der Waals surface area (Å²) in [5, 5.41) is 50.5. The van der Waals surface area contributed by atoms with Gasteiger partial charge in [-0.15, -0.1) is 0 Å². The van der Waals surface area contributed by atoms with Crippen LogP contribution in [0.1, 0.15) is 0 Å². The molecule has 0 aromatic heterocycles. The van der Waals surface area contributed by atoms with E-state index in [4.69, 9.17) is 51.5 Å². The van der Waals surface area contributed by atoms with E-state index in [1.165, 1.54) is 0 Å². The van der Waals surface area contributed by atoms with Crippen LogP contribution in [0.25, 0.3) is 0 Å². The zero-order valence-corrected chi connectivity index (χ0v) is 35.9. The van der Waals surface area contributed by atoms with Crippen LogP contribution in [0, 0.1) is 0 Å². The van der Waals surface area contributed by atoms with E-state index in [-0.39, 0.29) is 244 Å². The molecule has 0 spiro atoms. The summed E-state index contributed by atoms with van der Waals surface area (Å²) in [7, 11) is -5.83. The van der Waals surface area contributed by atoms with Gasteiger partial charge < -0.3 is 30.1 Å². The first-order valence-electron chi connectivity index (χ1n) is 2.64. The molecule has 0 saturated carbocycles. The summed E-state index contributed by atoms with van der Waals surface area (Å²) in [4.78, 5) is 0. The van der Waals surface area contributed by atoms with E-state index >= 15 is 0 Å². The van der Waals surface area contributed by atoms with Crippen LogP contribution in [0.3, 0.4) is 0 Å². The Kier molecular flexibility index (Phi) is 140. The monoisotopic (exact) mass is 999 g/mol. The average molecular weight is 996 g/mol. The number of hydrogen-bond donors (Lipinski definition) is 0. The predicted octanol–water partition coefficient (Wildman–Crippen LogP) is -14.8. The summed E-state index contributed by atoms with van der Waals surface area (Å²) >= 11 is -8.17. The van der Waals surface area contributed by atoms with Gasteiger partial charge in [0.2, 0.25) is 0 Å². The predicted molar refractivity (Wildman–Crippen MR) is 41.7 cm³/mol. The van der Waals surface area contributed by atoms with Gasteiger partial charge in [-0.1, -0.05) is 0 Å². The van der Waals surface area contributed by atoms with E-state index in [0.29, 0.717) is 0 Å². The van der Waals surface area contributed by atoms with Crippen molar-refractivity contribution >= 4 is 259 Å². The van der Waals surface area contributed by atoms with E-state index in [1.807, 2.05) is 0 Å². The molecule has 0 heterocycles. The van der Waals surface area contributed by atoms with Crippen molar-refractivity contribution in [2.75, 3.05) is 0 Å². The molecule has 0 aliphatic carbocycles. The van der Waals surface area contributed by atoms with E-state index < -0.39 is 51.9 Å². The Balaban J connectivity index is -0.0000000121. The Bertz CT molecular complexity index is 140. The molecule has 0 fully saturated rings. The first kappa shape index (κ1) is 57.1. The molecule has 0 N–H and O–H groups in total. The zero-order chi connectivity index (χ0) is 14.3. The Hall–Kier alpha value is 8.62. The van der Waals surface area contributed by atoms with Crippen molar-refractivity contribution in [3.8, 4) is 0 Å². The maximum atomic E-state index is 8.58. The van der Waals surface area contributed by atoms with Gasteiger partial charge in [0.05, 0.1) is 0 Å². The summed E-state index contributed by atoms with van der Waals surface area (Å²) in [5.41, 5.74) is 0. The molecule has 0 radical (unpaired) electrons. The van der Waals surface area contributed by atoms with E-state index in [1.54, 1.807) is 0 Å². The number of rotatable bonds is 0. The molecule has 0 unspecified atom stereocenters. The average Bonchev–Trinajstić information content (AvgIpc) is 1.76. The summed E-state index contributed by atoms with van der Waals surface area (Å²) < 4.78 is 51.5. The van der Waals surface area contributed by atoms with Crippen molar-refractivity contribution in [3.63, 3.8) is 0 Å². The van der Waals surface area contributed by atoms with E-state index in [2.05, 4.69) is 0 Å². The van der Waals surface area contributed by atoms with Gasteiger partial charge in [0.15, 0.2) is 0 Å². The molecule has 0 atom stereocenters. The van der Waals surface area contributed by atoms with Gasteiger partial charge in [-0.05, 0) is 0 Å². The molecular formula is B2Ba5O12Ti2. The molecule has 0 saturated heterocycles. The summed E-state index contributed by atoms with van der Waals surface area (Å²) in [6, 6.07) is 0. The molecule has 0 amide bonds. The molecule has 0 aromatic carbocycles. The van der Waals surface area contributed by atoms with Crippen LogP contribution in [-0.4, -0.2) is 259 Å². The maximum absolute atomic E-state index is 8.58. The van der Waals surface area contributed by atoms with Crippen LogP contribution in [0.4, 0.5) is 0 Å². The zero-order valence-electron chi connectivity index (χ0n) is 10.6. The normalized spacial score (nSPS) is 5.05. The van der Waals surface area contributed by atoms with Gasteiger partial charge in [0, 0.05) is 0 Å². The fourth-order valence-electron chi connectivity index (χ4n) is 0. The van der Waals surface area contributed by atoms with Crippen LogP contribution < -0.4 is 44.9 Å². The molecular weight excluding hydrogens is 996 g/mol. The molecule has 0 aromatic rings. The van der Waals surface area contributed by atoms with Crippen LogP contribution >= 0.6 is 0 Å². The van der Waals surface area contributed by atoms with Crippen LogP contribution in [0.2, 0.25) is 0 Å². The van der Waals surface area contributed by atoms with Crippen molar-refractivity contribution in [2.45, 2.75) is 0 Å². The van der Waals surface area contributed by atoms with Crippen molar-refractivity contribution in [1.29, 1.82) is 0 Å². The number of hydrogen-bond acceptors (Lipinski definition) is 12. The van der Waals surface area contributed by atoms with E-state index in [0.717, 1.165) is 0 Å².